The molecule has 1 saturated heterocycles. The number of rotatable bonds is 0. The van der Waals surface area contributed by atoms with Crippen LogP contribution in [-0.2, 0) is 0 Å². The van der Waals surface area contributed by atoms with Gasteiger partial charge >= 0.3 is 0 Å². The van der Waals surface area contributed by atoms with Crippen molar-refractivity contribution >= 4 is 0 Å². The second-order valence-electron chi connectivity index (χ2n) is 5.57. The number of hydrogen-bond donors (Lipinski definition) is 1. The van der Waals surface area contributed by atoms with Gasteiger partial charge in [-0.05, 0) is 58.9 Å². The van der Waals surface area contributed by atoms with Crippen LogP contribution in [-0.4, -0.2) is 12.6 Å². The second-order valence-corrected chi connectivity index (χ2v) is 5.57. The first kappa shape index (κ1) is 14.0. The van der Waals surface area contributed by atoms with E-state index >= 15 is 0 Å². The summed E-state index contributed by atoms with van der Waals surface area (Å²) in [6.45, 7) is 5.45. The lowest BCUT2D eigenvalue weighted by atomic mass is 9.73. The van der Waals surface area contributed by atoms with Gasteiger partial charge in [0.15, 0.2) is 0 Å². The Morgan fingerprint density at radius 2 is 1.82 bits per heavy atom. The lowest BCUT2D eigenvalue weighted by Crippen LogP contribution is -2.21. The maximum Gasteiger partial charge on any atom is 0.0686 e. The Bertz CT molecular complexity index is 296. The zero-order chi connectivity index (χ0) is 12.7. The van der Waals surface area contributed by atoms with Crippen molar-refractivity contribution in [2.24, 2.45) is 11.3 Å². The predicted molar refractivity (Wildman–Crippen MR) is 68.0 cm³/mol. The van der Waals surface area contributed by atoms with E-state index in [2.05, 4.69) is 24.4 Å². The summed E-state index contributed by atoms with van der Waals surface area (Å²) < 4.78 is 0. The van der Waals surface area contributed by atoms with Gasteiger partial charge in [-0.1, -0.05) is 0 Å². The van der Waals surface area contributed by atoms with Crippen LogP contribution in [0.3, 0.4) is 0 Å². The van der Waals surface area contributed by atoms with Crippen LogP contribution in [0.15, 0.2) is 0 Å². The fourth-order valence-corrected chi connectivity index (χ4v) is 2.35. The van der Waals surface area contributed by atoms with E-state index in [4.69, 9.17) is 10.5 Å². The summed E-state index contributed by atoms with van der Waals surface area (Å²) in [4.78, 5) is 0. The minimum Gasteiger partial charge on any atom is -0.314 e. The topological polar surface area (TPSA) is 59.6 Å². The summed E-state index contributed by atoms with van der Waals surface area (Å²) in [7, 11) is 0. The predicted octanol–water partition coefficient (Wildman–Crippen LogP) is 2.99. The van der Waals surface area contributed by atoms with Crippen molar-refractivity contribution in [2.45, 2.75) is 58.4 Å². The van der Waals surface area contributed by atoms with E-state index in [9.17, 15) is 0 Å². The summed E-state index contributed by atoms with van der Waals surface area (Å²) in [5.41, 5.74) is -0.145. The molecule has 3 nitrogen and oxygen atoms in total. The molecule has 1 atom stereocenters. The molecular weight excluding hydrogens is 210 g/mol. The van der Waals surface area contributed by atoms with Gasteiger partial charge in [-0.2, -0.15) is 10.5 Å². The Morgan fingerprint density at radius 1 is 1.18 bits per heavy atom. The molecule has 0 aromatic rings. The lowest BCUT2D eigenvalue weighted by Gasteiger charge is -2.28. The van der Waals surface area contributed by atoms with Gasteiger partial charge < -0.3 is 5.32 Å². The van der Waals surface area contributed by atoms with Gasteiger partial charge in [-0.25, -0.2) is 0 Å². The molecule has 0 aromatic heterocycles. The van der Waals surface area contributed by atoms with Gasteiger partial charge in [0.05, 0.1) is 17.6 Å². The van der Waals surface area contributed by atoms with Crippen LogP contribution in [0.25, 0.3) is 0 Å². The van der Waals surface area contributed by atoms with E-state index in [1.54, 1.807) is 0 Å². The highest BCUT2D eigenvalue weighted by Gasteiger charge is 2.30. The quantitative estimate of drug-likeness (QED) is 0.699. The highest BCUT2D eigenvalue weighted by molar-refractivity contribution is 5.01. The minimum absolute atomic E-state index is 0.145. The van der Waals surface area contributed by atoms with Crippen molar-refractivity contribution in [2.75, 3.05) is 6.54 Å². The molecule has 1 aliphatic heterocycles. The van der Waals surface area contributed by atoms with Crippen LogP contribution < -0.4 is 5.32 Å². The molecule has 1 aliphatic carbocycles. The Kier molecular flexibility index (Phi) is 5.45. The Morgan fingerprint density at radius 3 is 2.12 bits per heavy atom. The van der Waals surface area contributed by atoms with Gasteiger partial charge in [0.2, 0.25) is 0 Å². The minimum atomic E-state index is -0.145. The average molecular weight is 233 g/mol. The molecule has 94 valence electrons. The van der Waals surface area contributed by atoms with E-state index in [0.717, 1.165) is 31.7 Å². The Labute approximate surface area is 105 Å². The molecule has 1 unspecified atom stereocenters. The largest absolute Gasteiger partial charge is 0.314 e. The highest BCUT2D eigenvalue weighted by Crippen LogP contribution is 2.37. The molecule has 1 N–H and O–H groups in total. The summed E-state index contributed by atoms with van der Waals surface area (Å²) in [6.07, 6.45) is 6.34. The molecule has 2 fully saturated rings. The normalized spacial score (nSPS) is 36.2. The molecule has 0 bridgehead atoms. The fourth-order valence-electron chi connectivity index (χ4n) is 2.35. The first-order valence-electron chi connectivity index (χ1n) is 6.64. The zero-order valence-corrected chi connectivity index (χ0v) is 11.0. The fraction of sp³-hybridized carbons (Fsp3) is 0.857. The van der Waals surface area contributed by atoms with Crippen molar-refractivity contribution in [1.82, 2.24) is 5.32 Å². The molecule has 17 heavy (non-hydrogen) atoms. The maximum absolute atomic E-state index is 8.78. The third-order valence-electron chi connectivity index (χ3n) is 3.85. The third kappa shape index (κ3) is 4.75. The smallest absolute Gasteiger partial charge is 0.0686 e. The molecule has 0 amide bonds. The maximum atomic E-state index is 8.78. The van der Waals surface area contributed by atoms with Crippen LogP contribution in [0.5, 0.6) is 0 Å². The molecule has 1 saturated carbocycles. The standard InChI is InChI=1S/C9H12N2.C5H11N/c1-9(7-11)4-2-8(6-10)3-5-9;1-5-3-2-4-6-5/h8H,2-5H2,1H3;5-6H,2-4H2,1H3. The van der Waals surface area contributed by atoms with E-state index in [1.807, 2.05) is 6.92 Å². The first-order valence-corrected chi connectivity index (χ1v) is 6.64. The SMILES string of the molecule is CC1(C#N)CCC(C#N)CC1.CC1CCCN1. The van der Waals surface area contributed by atoms with Gasteiger partial charge in [0.1, 0.15) is 0 Å². The van der Waals surface area contributed by atoms with Gasteiger partial charge in [0, 0.05) is 12.0 Å². The number of nitrogens with zero attached hydrogens (tertiary/aromatic N) is 2. The Hall–Kier alpha value is -1.06. The van der Waals surface area contributed by atoms with E-state index in [1.165, 1.54) is 19.4 Å². The summed E-state index contributed by atoms with van der Waals surface area (Å²) in [5.74, 6) is 0.205. The van der Waals surface area contributed by atoms with Crippen molar-refractivity contribution in [1.29, 1.82) is 10.5 Å². The number of hydrogen-bond acceptors (Lipinski definition) is 3. The zero-order valence-electron chi connectivity index (χ0n) is 11.0. The highest BCUT2D eigenvalue weighted by atomic mass is 14.9. The van der Waals surface area contributed by atoms with Crippen molar-refractivity contribution in [3.63, 3.8) is 0 Å². The van der Waals surface area contributed by atoms with E-state index in [-0.39, 0.29) is 11.3 Å². The third-order valence-corrected chi connectivity index (χ3v) is 3.85. The molecule has 3 heteroatoms. The molecular formula is C14H23N3. The number of nitriles is 2. The van der Waals surface area contributed by atoms with Crippen LogP contribution in [0, 0.1) is 34.0 Å². The molecule has 0 spiro atoms. The van der Waals surface area contributed by atoms with Gasteiger partial charge in [-0.15, -0.1) is 0 Å². The molecule has 0 radical (unpaired) electrons. The molecule has 2 aliphatic rings. The van der Waals surface area contributed by atoms with Crippen LogP contribution in [0.1, 0.15) is 52.4 Å². The summed E-state index contributed by atoms with van der Waals surface area (Å²) >= 11 is 0. The summed E-state index contributed by atoms with van der Waals surface area (Å²) in [6, 6.07) is 5.37. The first-order chi connectivity index (χ1) is 8.09. The second kappa shape index (κ2) is 6.62. The van der Waals surface area contributed by atoms with Crippen LogP contribution in [0.4, 0.5) is 0 Å². The van der Waals surface area contributed by atoms with Crippen molar-refractivity contribution < 1.29 is 0 Å². The van der Waals surface area contributed by atoms with Gasteiger partial charge in [0.25, 0.3) is 0 Å². The monoisotopic (exact) mass is 233 g/mol. The molecule has 1 heterocycles. The summed E-state index contributed by atoms with van der Waals surface area (Å²) in [5, 5.41) is 20.7. The molecule has 2 rings (SSSR count). The van der Waals surface area contributed by atoms with Gasteiger partial charge in [-0.3, -0.25) is 0 Å². The average Bonchev–Trinajstić information content (AvgIpc) is 2.82. The van der Waals surface area contributed by atoms with E-state index < -0.39 is 0 Å². The van der Waals surface area contributed by atoms with Crippen LogP contribution in [0.2, 0.25) is 0 Å². The van der Waals surface area contributed by atoms with Crippen molar-refractivity contribution in [3.05, 3.63) is 0 Å². The number of nitrogens with one attached hydrogen (secondary N) is 1. The van der Waals surface area contributed by atoms with Crippen molar-refractivity contribution in [3.8, 4) is 12.1 Å². The van der Waals surface area contributed by atoms with E-state index in [0.29, 0.717) is 0 Å². The lowest BCUT2D eigenvalue weighted by molar-refractivity contribution is 0.261. The van der Waals surface area contributed by atoms with Crippen LogP contribution >= 0.6 is 0 Å². The Balaban J connectivity index is 0.000000202. The molecule has 0 aromatic carbocycles.